The number of aryl methyl sites for hydroxylation is 1. The van der Waals surface area contributed by atoms with Gasteiger partial charge in [-0.2, -0.15) is 0 Å². The predicted octanol–water partition coefficient (Wildman–Crippen LogP) is 5.38. The minimum absolute atomic E-state index is 0.0150. The highest BCUT2D eigenvalue weighted by Crippen LogP contribution is 2.28. The Kier molecular flexibility index (Phi) is 14.4. The van der Waals surface area contributed by atoms with E-state index in [0.717, 1.165) is 56.1 Å². The van der Waals surface area contributed by atoms with Crippen molar-refractivity contribution in [3.05, 3.63) is 96.2 Å². The number of carboxylic acid groups (broad SMARTS) is 1. The molecule has 4 aromatic rings. The molecule has 0 saturated carbocycles. The van der Waals surface area contributed by atoms with Crippen LogP contribution in [0.1, 0.15) is 35.7 Å². The van der Waals surface area contributed by atoms with Crippen molar-refractivity contribution >= 4 is 28.3 Å². The van der Waals surface area contributed by atoms with Crippen molar-refractivity contribution < 1.29 is 24.2 Å². The summed E-state index contributed by atoms with van der Waals surface area (Å²) in [5.74, 6) is 0.133. The number of aromatic nitrogens is 1. The van der Waals surface area contributed by atoms with Gasteiger partial charge in [0.1, 0.15) is 5.75 Å². The Morgan fingerprint density at radius 2 is 1.52 bits per heavy atom. The molecule has 1 aromatic heterocycles. The van der Waals surface area contributed by atoms with E-state index >= 15 is 0 Å². The summed E-state index contributed by atoms with van der Waals surface area (Å²) in [6.07, 6.45) is 2.49. The van der Waals surface area contributed by atoms with Crippen LogP contribution < -0.4 is 15.0 Å². The van der Waals surface area contributed by atoms with Crippen LogP contribution in [0.15, 0.2) is 85.1 Å². The van der Waals surface area contributed by atoms with E-state index in [9.17, 15) is 9.59 Å². The van der Waals surface area contributed by atoms with E-state index in [0.29, 0.717) is 24.1 Å². The van der Waals surface area contributed by atoms with Crippen molar-refractivity contribution in [2.75, 3.05) is 65.6 Å². The number of carbonyl (C=O) groups excluding carboxylic acids is 1. The molecule has 0 unspecified atom stereocenters. The average molecular weight is 603 g/mol. The number of piperazine rings is 1. The Hall–Kier alpha value is -4.18. The third-order valence-electron chi connectivity index (χ3n) is 7.32. The SMILES string of the molecule is CCNC.COCN1CCN(c2ccccc2OC)CC1.O=C(O)CCCn1cc(C(=O)c2ccccc2)c2ccccc21. The second kappa shape index (κ2) is 18.5. The van der Waals surface area contributed by atoms with E-state index in [1.165, 1.54) is 5.69 Å². The Balaban J connectivity index is 0.000000222. The second-order valence-electron chi connectivity index (χ2n) is 10.3. The Labute approximate surface area is 261 Å². The number of para-hydroxylation sites is 3. The molecule has 236 valence electrons. The number of rotatable bonds is 11. The van der Waals surface area contributed by atoms with E-state index in [1.807, 2.05) is 72.4 Å². The van der Waals surface area contributed by atoms with Gasteiger partial charge in [-0.05, 0) is 38.2 Å². The lowest BCUT2D eigenvalue weighted by Gasteiger charge is -2.36. The van der Waals surface area contributed by atoms with Gasteiger partial charge in [0.2, 0.25) is 0 Å². The van der Waals surface area contributed by atoms with Crippen LogP contribution in [0.2, 0.25) is 0 Å². The molecule has 5 rings (SSSR count). The number of fused-ring (bicyclic) bond motifs is 1. The summed E-state index contributed by atoms with van der Waals surface area (Å²) < 4.78 is 12.5. The maximum atomic E-state index is 12.7. The maximum absolute atomic E-state index is 12.7. The number of carbonyl (C=O) groups is 2. The molecule has 0 spiro atoms. The molecule has 3 aromatic carbocycles. The van der Waals surface area contributed by atoms with Gasteiger partial charge in [0.05, 0.1) is 19.5 Å². The summed E-state index contributed by atoms with van der Waals surface area (Å²) in [4.78, 5) is 28.1. The first kappa shape index (κ1) is 34.3. The van der Waals surface area contributed by atoms with Gasteiger partial charge in [0, 0.05) is 74.5 Å². The van der Waals surface area contributed by atoms with Crippen molar-refractivity contribution in [1.29, 1.82) is 0 Å². The van der Waals surface area contributed by atoms with Crippen molar-refractivity contribution in [2.45, 2.75) is 26.3 Å². The number of ketones is 1. The zero-order valence-electron chi connectivity index (χ0n) is 26.4. The fourth-order valence-electron chi connectivity index (χ4n) is 4.95. The van der Waals surface area contributed by atoms with Gasteiger partial charge >= 0.3 is 5.97 Å². The number of nitrogens with zero attached hydrogens (tertiary/aromatic N) is 3. The molecule has 1 fully saturated rings. The minimum Gasteiger partial charge on any atom is -0.495 e. The zero-order chi connectivity index (χ0) is 31.7. The van der Waals surface area contributed by atoms with Gasteiger partial charge in [-0.15, -0.1) is 0 Å². The quantitative estimate of drug-likeness (QED) is 0.221. The van der Waals surface area contributed by atoms with Crippen LogP contribution in [-0.2, 0) is 16.1 Å². The summed E-state index contributed by atoms with van der Waals surface area (Å²) in [5, 5.41) is 12.6. The summed E-state index contributed by atoms with van der Waals surface area (Å²) in [7, 11) is 5.40. The highest BCUT2D eigenvalue weighted by molar-refractivity contribution is 6.16. The number of methoxy groups -OCH3 is 2. The first-order chi connectivity index (χ1) is 21.4. The molecule has 0 atom stereocenters. The zero-order valence-corrected chi connectivity index (χ0v) is 26.4. The van der Waals surface area contributed by atoms with Gasteiger partial charge in [-0.3, -0.25) is 14.5 Å². The summed E-state index contributed by atoms with van der Waals surface area (Å²) in [5.41, 5.74) is 3.45. The standard InChI is InChI=1S/C19H17NO3.C13H20N2O2.C3H9N/c21-18(22)11-6-12-20-13-16(15-9-4-5-10-17(15)20)19(23)14-7-2-1-3-8-14;1-16-11-14-7-9-15(10-8-14)12-5-3-4-6-13(12)17-2;1-3-4-2/h1-5,7-10,13H,6,11-12H2,(H,21,22);3-6H,7-11H2,1-2H3;4H,3H2,1-2H3. The predicted molar refractivity (Wildman–Crippen MR) is 177 cm³/mol. The lowest BCUT2D eigenvalue weighted by Crippen LogP contribution is -2.47. The van der Waals surface area contributed by atoms with Gasteiger partial charge in [-0.25, -0.2) is 0 Å². The monoisotopic (exact) mass is 602 g/mol. The number of hydrogen-bond donors (Lipinski definition) is 2. The van der Waals surface area contributed by atoms with Crippen LogP contribution in [-0.4, -0.2) is 87.0 Å². The van der Waals surface area contributed by atoms with Crippen LogP contribution in [0.4, 0.5) is 5.69 Å². The molecule has 2 N–H and O–H groups in total. The van der Waals surface area contributed by atoms with E-state index in [4.69, 9.17) is 14.6 Å². The Morgan fingerprint density at radius 1 is 0.886 bits per heavy atom. The molecule has 1 aliphatic rings. The fraction of sp³-hybridized carbons (Fsp3) is 0.371. The smallest absolute Gasteiger partial charge is 0.303 e. The molecule has 9 nitrogen and oxygen atoms in total. The van der Waals surface area contributed by atoms with Crippen molar-refractivity contribution in [2.24, 2.45) is 0 Å². The van der Waals surface area contributed by atoms with Crippen molar-refractivity contribution in [3.63, 3.8) is 0 Å². The molecular formula is C35H46N4O5. The normalized spacial score (nSPS) is 13.0. The van der Waals surface area contributed by atoms with Crippen LogP contribution in [0.5, 0.6) is 5.75 Å². The Morgan fingerprint density at radius 3 is 2.16 bits per heavy atom. The fourth-order valence-corrected chi connectivity index (χ4v) is 4.95. The van der Waals surface area contributed by atoms with Gasteiger partial charge in [0.25, 0.3) is 0 Å². The number of ether oxygens (including phenoxy) is 2. The van der Waals surface area contributed by atoms with E-state index < -0.39 is 5.97 Å². The molecule has 2 heterocycles. The third kappa shape index (κ3) is 9.94. The van der Waals surface area contributed by atoms with Crippen LogP contribution in [0.25, 0.3) is 10.9 Å². The van der Waals surface area contributed by atoms with Crippen molar-refractivity contribution in [1.82, 2.24) is 14.8 Å². The molecule has 44 heavy (non-hydrogen) atoms. The highest BCUT2D eigenvalue weighted by Gasteiger charge is 2.19. The number of carboxylic acids is 1. The summed E-state index contributed by atoms with van der Waals surface area (Å²) in [6.45, 7) is 8.54. The molecule has 0 radical (unpaired) electrons. The summed E-state index contributed by atoms with van der Waals surface area (Å²) in [6, 6.07) is 25.1. The number of anilines is 1. The first-order valence-corrected chi connectivity index (χ1v) is 15.1. The number of hydrogen-bond acceptors (Lipinski definition) is 7. The van der Waals surface area contributed by atoms with Crippen LogP contribution >= 0.6 is 0 Å². The third-order valence-corrected chi connectivity index (χ3v) is 7.32. The lowest BCUT2D eigenvalue weighted by molar-refractivity contribution is -0.137. The van der Waals surface area contributed by atoms with Crippen molar-refractivity contribution in [3.8, 4) is 5.75 Å². The van der Waals surface area contributed by atoms with E-state index in [2.05, 4.69) is 34.2 Å². The molecule has 9 heteroatoms. The van der Waals surface area contributed by atoms with Gasteiger partial charge in [-0.1, -0.05) is 67.6 Å². The summed E-state index contributed by atoms with van der Waals surface area (Å²) >= 11 is 0. The number of benzene rings is 3. The lowest BCUT2D eigenvalue weighted by atomic mass is 10.0. The number of nitrogens with one attached hydrogen (secondary N) is 1. The van der Waals surface area contributed by atoms with Gasteiger partial charge in [0.15, 0.2) is 5.78 Å². The van der Waals surface area contributed by atoms with Crippen LogP contribution in [0, 0.1) is 0 Å². The minimum atomic E-state index is -0.804. The maximum Gasteiger partial charge on any atom is 0.303 e. The molecule has 1 aliphatic heterocycles. The topological polar surface area (TPSA) is 96.3 Å². The van der Waals surface area contributed by atoms with Gasteiger partial charge < -0.3 is 29.4 Å². The molecule has 1 saturated heterocycles. The van der Waals surface area contributed by atoms with E-state index in [-0.39, 0.29) is 12.2 Å². The first-order valence-electron chi connectivity index (χ1n) is 15.1. The largest absolute Gasteiger partial charge is 0.495 e. The molecule has 0 amide bonds. The highest BCUT2D eigenvalue weighted by atomic mass is 16.5. The Bertz CT molecular complexity index is 1430. The second-order valence-corrected chi connectivity index (χ2v) is 10.3. The van der Waals surface area contributed by atoms with Crippen LogP contribution in [0.3, 0.4) is 0 Å². The molecule has 0 aliphatic carbocycles. The number of aliphatic carboxylic acids is 1. The molecule has 0 bridgehead atoms. The average Bonchev–Trinajstić information content (AvgIpc) is 3.44. The van der Waals surface area contributed by atoms with E-state index in [1.54, 1.807) is 26.4 Å². The molecular weight excluding hydrogens is 556 g/mol.